The number of nitrogens with zero attached hydrogens (tertiary/aromatic N) is 2. The van der Waals surface area contributed by atoms with Crippen LogP contribution in [-0.2, 0) is 0 Å². The predicted molar refractivity (Wildman–Crippen MR) is 132 cm³/mol. The van der Waals surface area contributed by atoms with Gasteiger partial charge >= 0.3 is 0 Å². The molecule has 0 spiro atoms. The Kier molecular flexibility index (Phi) is 4.75. The van der Waals surface area contributed by atoms with Gasteiger partial charge in [0.1, 0.15) is 5.82 Å². The van der Waals surface area contributed by atoms with Crippen molar-refractivity contribution in [2.24, 2.45) is 0 Å². The van der Waals surface area contributed by atoms with Crippen molar-refractivity contribution in [1.29, 1.82) is 0 Å². The number of H-pyrrole nitrogens is 1. The van der Waals surface area contributed by atoms with Crippen LogP contribution in [0.3, 0.4) is 0 Å². The maximum atomic E-state index is 13.4. The van der Waals surface area contributed by atoms with E-state index in [1.807, 2.05) is 85.9 Å². The molecule has 0 aliphatic heterocycles. The van der Waals surface area contributed by atoms with Crippen molar-refractivity contribution in [2.45, 2.75) is 6.92 Å². The molecule has 5 heteroatoms. The first kappa shape index (κ1) is 18.8. The SMILES string of the molecule is Cc1ccc(-n2c(/C=C/c3c[nH]c4ccccc34)nc3ccc(I)cc3c2=O)cc1. The van der Waals surface area contributed by atoms with Gasteiger partial charge in [0.15, 0.2) is 0 Å². The molecule has 2 heterocycles. The number of fused-ring (bicyclic) bond motifs is 2. The smallest absolute Gasteiger partial charge is 0.266 e. The minimum atomic E-state index is -0.0686. The van der Waals surface area contributed by atoms with Gasteiger partial charge in [-0.2, -0.15) is 0 Å². The highest BCUT2D eigenvalue weighted by Crippen LogP contribution is 2.21. The fourth-order valence-electron chi connectivity index (χ4n) is 3.63. The van der Waals surface area contributed by atoms with Gasteiger partial charge in [-0.05, 0) is 83.6 Å². The summed E-state index contributed by atoms with van der Waals surface area (Å²) in [6.45, 7) is 2.03. The molecular formula is C25H18IN3O. The van der Waals surface area contributed by atoms with Gasteiger partial charge in [-0.15, -0.1) is 0 Å². The summed E-state index contributed by atoms with van der Waals surface area (Å²) >= 11 is 2.22. The van der Waals surface area contributed by atoms with E-state index in [4.69, 9.17) is 4.98 Å². The Labute approximate surface area is 187 Å². The molecule has 146 valence electrons. The van der Waals surface area contributed by atoms with Crippen molar-refractivity contribution >= 4 is 56.5 Å². The average Bonchev–Trinajstić information content (AvgIpc) is 3.17. The summed E-state index contributed by atoms with van der Waals surface area (Å²) in [5.74, 6) is 0.600. The molecule has 5 rings (SSSR count). The summed E-state index contributed by atoms with van der Waals surface area (Å²) in [7, 11) is 0. The standard InChI is InChI=1S/C25H18IN3O/c1-16-6-10-19(11-7-16)29-24(28-23-12-9-18(26)14-21(23)25(29)30)13-8-17-15-27-22-5-3-2-4-20(17)22/h2-15,27H,1H3/b13-8+. The van der Waals surface area contributed by atoms with E-state index in [-0.39, 0.29) is 5.56 Å². The highest BCUT2D eigenvalue weighted by Gasteiger charge is 2.12. The Morgan fingerprint density at radius 2 is 1.77 bits per heavy atom. The zero-order chi connectivity index (χ0) is 20.7. The van der Waals surface area contributed by atoms with Crippen molar-refractivity contribution in [3.8, 4) is 5.69 Å². The number of benzene rings is 3. The molecule has 30 heavy (non-hydrogen) atoms. The Balaban J connectivity index is 1.73. The summed E-state index contributed by atoms with van der Waals surface area (Å²) in [6, 6.07) is 21.9. The van der Waals surface area contributed by atoms with Gasteiger partial charge in [0, 0.05) is 20.7 Å². The highest BCUT2D eigenvalue weighted by molar-refractivity contribution is 14.1. The van der Waals surface area contributed by atoms with Gasteiger partial charge < -0.3 is 4.98 Å². The molecule has 0 radical (unpaired) electrons. The van der Waals surface area contributed by atoms with Crippen LogP contribution in [0.5, 0.6) is 0 Å². The molecular weight excluding hydrogens is 485 g/mol. The molecule has 0 atom stereocenters. The third-order valence-electron chi connectivity index (χ3n) is 5.18. The van der Waals surface area contributed by atoms with Gasteiger partial charge in [-0.3, -0.25) is 9.36 Å². The second-order valence-corrected chi connectivity index (χ2v) is 8.48. The largest absolute Gasteiger partial charge is 0.361 e. The number of rotatable bonds is 3. The van der Waals surface area contributed by atoms with Crippen molar-refractivity contribution < 1.29 is 0 Å². The van der Waals surface area contributed by atoms with Crippen LogP contribution in [0.15, 0.2) is 77.7 Å². The van der Waals surface area contributed by atoms with Gasteiger partial charge in [-0.25, -0.2) is 4.98 Å². The van der Waals surface area contributed by atoms with Crippen LogP contribution in [0.25, 0.3) is 39.6 Å². The molecule has 0 saturated heterocycles. The Bertz CT molecular complexity index is 1480. The maximum absolute atomic E-state index is 13.4. The summed E-state index contributed by atoms with van der Waals surface area (Å²) in [4.78, 5) is 21.5. The quantitative estimate of drug-likeness (QED) is 0.310. The molecule has 0 aliphatic rings. The van der Waals surface area contributed by atoms with E-state index in [1.165, 1.54) is 0 Å². The van der Waals surface area contributed by atoms with E-state index in [1.54, 1.807) is 4.57 Å². The fourth-order valence-corrected chi connectivity index (χ4v) is 4.12. The van der Waals surface area contributed by atoms with Crippen molar-refractivity contribution in [3.63, 3.8) is 0 Å². The topological polar surface area (TPSA) is 50.7 Å². The second-order valence-electron chi connectivity index (χ2n) is 7.23. The van der Waals surface area contributed by atoms with Crippen molar-refractivity contribution in [1.82, 2.24) is 14.5 Å². The first-order valence-corrected chi connectivity index (χ1v) is 10.7. The molecule has 0 fully saturated rings. The number of aryl methyl sites for hydroxylation is 1. The van der Waals surface area contributed by atoms with Crippen LogP contribution in [0.4, 0.5) is 0 Å². The molecule has 4 nitrogen and oxygen atoms in total. The van der Waals surface area contributed by atoms with E-state index in [2.05, 4.69) is 33.6 Å². The van der Waals surface area contributed by atoms with Crippen LogP contribution in [0.2, 0.25) is 0 Å². The lowest BCUT2D eigenvalue weighted by molar-refractivity contribution is 0.943. The first-order valence-electron chi connectivity index (χ1n) is 9.64. The van der Waals surface area contributed by atoms with Gasteiger partial charge in [0.25, 0.3) is 5.56 Å². The van der Waals surface area contributed by atoms with E-state index < -0.39 is 0 Å². The number of aromatic nitrogens is 3. The molecule has 0 aliphatic carbocycles. The van der Waals surface area contributed by atoms with Crippen LogP contribution >= 0.6 is 22.6 Å². The van der Waals surface area contributed by atoms with Crippen LogP contribution in [0, 0.1) is 10.5 Å². The molecule has 0 amide bonds. The summed E-state index contributed by atoms with van der Waals surface area (Å²) < 4.78 is 2.69. The summed E-state index contributed by atoms with van der Waals surface area (Å²) in [5.41, 5.74) is 4.71. The fraction of sp³-hybridized carbons (Fsp3) is 0.0400. The van der Waals surface area contributed by atoms with E-state index in [0.29, 0.717) is 16.7 Å². The van der Waals surface area contributed by atoms with Gasteiger partial charge in [-0.1, -0.05) is 35.9 Å². The van der Waals surface area contributed by atoms with Crippen LogP contribution < -0.4 is 5.56 Å². The third kappa shape index (κ3) is 3.35. The van der Waals surface area contributed by atoms with Crippen LogP contribution in [0.1, 0.15) is 17.0 Å². The number of hydrogen-bond donors (Lipinski definition) is 1. The van der Waals surface area contributed by atoms with Gasteiger partial charge in [0.05, 0.1) is 16.6 Å². The molecule has 5 aromatic rings. The summed E-state index contributed by atoms with van der Waals surface area (Å²) in [5, 5.41) is 1.75. The molecule has 2 aromatic heterocycles. The Morgan fingerprint density at radius 1 is 0.967 bits per heavy atom. The lowest BCUT2D eigenvalue weighted by Gasteiger charge is -2.12. The Hall–Kier alpha value is -3.19. The predicted octanol–water partition coefficient (Wildman–Crippen LogP) is 5.95. The second kappa shape index (κ2) is 7.57. The lowest BCUT2D eigenvalue weighted by Crippen LogP contribution is -2.22. The number of para-hydroxylation sites is 1. The molecule has 0 bridgehead atoms. The van der Waals surface area contributed by atoms with Crippen LogP contribution in [-0.4, -0.2) is 14.5 Å². The van der Waals surface area contributed by atoms with Gasteiger partial charge in [0.2, 0.25) is 0 Å². The molecule has 0 saturated carbocycles. The van der Waals surface area contributed by atoms with E-state index >= 15 is 0 Å². The minimum absolute atomic E-state index is 0.0686. The number of hydrogen-bond acceptors (Lipinski definition) is 2. The zero-order valence-corrected chi connectivity index (χ0v) is 18.4. The van der Waals surface area contributed by atoms with Crippen molar-refractivity contribution in [2.75, 3.05) is 0 Å². The van der Waals surface area contributed by atoms with Crippen molar-refractivity contribution in [3.05, 3.63) is 104 Å². The maximum Gasteiger partial charge on any atom is 0.266 e. The summed E-state index contributed by atoms with van der Waals surface area (Å²) in [6.07, 6.45) is 5.89. The van der Waals surface area contributed by atoms with E-state index in [0.717, 1.165) is 31.3 Å². The first-order chi connectivity index (χ1) is 14.6. The molecule has 1 N–H and O–H groups in total. The zero-order valence-electron chi connectivity index (χ0n) is 16.3. The monoisotopic (exact) mass is 503 g/mol. The molecule has 3 aromatic carbocycles. The van der Waals surface area contributed by atoms with E-state index in [9.17, 15) is 4.79 Å². The third-order valence-corrected chi connectivity index (χ3v) is 5.85. The number of aromatic amines is 1. The Morgan fingerprint density at radius 3 is 2.60 bits per heavy atom. The number of nitrogens with one attached hydrogen (secondary N) is 1. The lowest BCUT2D eigenvalue weighted by atomic mass is 10.1. The number of halogens is 1. The molecule has 0 unspecified atom stereocenters. The highest BCUT2D eigenvalue weighted by atomic mass is 127. The normalized spacial score (nSPS) is 11.7. The minimum Gasteiger partial charge on any atom is -0.361 e. The average molecular weight is 503 g/mol.